The van der Waals surface area contributed by atoms with Crippen LogP contribution in [0.5, 0.6) is 11.5 Å². The van der Waals surface area contributed by atoms with Gasteiger partial charge in [0.25, 0.3) is 0 Å². The van der Waals surface area contributed by atoms with E-state index in [0.29, 0.717) is 132 Å². The summed E-state index contributed by atoms with van der Waals surface area (Å²) < 4.78 is 45.3. The van der Waals surface area contributed by atoms with Gasteiger partial charge in [-0.3, -0.25) is 14.8 Å². The van der Waals surface area contributed by atoms with E-state index in [1.165, 1.54) is 0 Å². The number of aliphatic carboxylic acids is 1. The molecule has 6 bridgehead atoms. The Bertz CT molecular complexity index is 2720. The minimum absolute atomic E-state index is 0. The van der Waals surface area contributed by atoms with Crippen LogP contribution in [0.25, 0.3) is 44.4 Å². The van der Waals surface area contributed by atoms with Crippen molar-refractivity contribution in [3.8, 4) is 11.5 Å². The number of rotatable bonds is 32. The van der Waals surface area contributed by atoms with E-state index in [0.717, 1.165) is 68.7 Å². The van der Waals surface area contributed by atoms with E-state index in [4.69, 9.17) is 112 Å². The van der Waals surface area contributed by atoms with Gasteiger partial charge in [0.05, 0.1) is 122 Å². The largest absolute Gasteiger partial charge is 3.00 e. The van der Waals surface area contributed by atoms with Gasteiger partial charge in [-0.25, -0.2) is 9.97 Å². The minimum atomic E-state index is -1.75. The van der Waals surface area contributed by atoms with Crippen LogP contribution in [0.1, 0.15) is 100 Å². The zero-order valence-electron chi connectivity index (χ0n) is 48.3. The molecule has 2 aromatic heterocycles. The summed E-state index contributed by atoms with van der Waals surface area (Å²) in [5.74, 6) is -0.763. The summed E-state index contributed by atoms with van der Waals surface area (Å²) in [6, 6.07) is 7.65. The summed E-state index contributed by atoms with van der Waals surface area (Å²) in [5, 5.41) is 53.2. The smallest absolute Gasteiger partial charge is 0.870 e. The van der Waals surface area contributed by atoms with Crippen molar-refractivity contribution in [3.05, 3.63) is 101 Å². The van der Waals surface area contributed by atoms with E-state index in [2.05, 4.69) is 19.2 Å². The predicted molar refractivity (Wildman–Crippen MR) is 309 cm³/mol. The van der Waals surface area contributed by atoms with E-state index in [1.807, 2.05) is 26.0 Å². The number of halogens is 2. The number of carboxylic acids is 1. The molecule has 9 N–H and O–H groups in total. The topological polar surface area (TPSA) is 461 Å². The second kappa shape index (κ2) is 50.3. The predicted octanol–water partition coefficient (Wildman–Crippen LogP) is 6.32. The molecular formula is C52H77Cl2GdN10O19Pt. The van der Waals surface area contributed by atoms with Crippen molar-refractivity contribution in [2.45, 2.75) is 79.1 Å². The Hall–Kier alpha value is -4.73. The third-order valence-electron chi connectivity index (χ3n) is 11.6. The third-order valence-corrected chi connectivity index (χ3v) is 11.6. The number of methoxy groups -OCH3 is 2. The number of nitrogens with zero attached hydrogens (tertiary/aromatic N) is 7. The second-order valence-corrected chi connectivity index (χ2v) is 20.2. The van der Waals surface area contributed by atoms with Crippen molar-refractivity contribution in [1.29, 1.82) is 0 Å². The molecule has 5 rings (SSSR count). The molecule has 481 valence electrons. The van der Waals surface area contributed by atoms with Gasteiger partial charge in [0.15, 0.2) is 11.5 Å². The zero-order chi connectivity index (χ0) is 60.0. The third kappa shape index (κ3) is 33.3. The Morgan fingerprint density at radius 3 is 1.35 bits per heavy atom. The Morgan fingerprint density at radius 2 is 1.00 bits per heavy atom. The molecule has 33 heteroatoms. The monoisotopic (exact) mass is 1570 g/mol. The van der Waals surface area contributed by atoms with Crippen molar-refractivity contribution in [2.24, 2.45) is 0 Å². The number of ether oxygens (including phenoxy) is 8. The molecule has 0 saturated heterocycles. The summed E-state index contributed by atoms with van der Waals surface area (Å²) in [7, 11) is 13.0. The first-order valence-corrected chi connectivity index (χ1v) is 31.2. The molecule has 1 radical (unpaired) electrons. The quantitative estimate of drug-likeness (QED) is 0.0302. The zero-order valence-corrected chi connectivity index (χ0v) is 54.4. The van der Waals surface area contributed by atoms with E-state index in [9.17, 15) is 19.8 Å². The van der Waals surface area contributed by atoms with Crippen LogP contribution in [0.4, 0.5) is 0 Å². The van der Waals surface area contributed by atoms with Crippen LogP contribution in [0.2, 0.25) is 0 Å². The molecule has 1 amide bonds. The van der Waals surface area contributed by atoms with Gasteiger partial charge in [0.2, 0.25) is 5.91 Å². The fourth-order valence-electron chi connectivity index (χ4n) is 7.87. The number of amides is 1. The molecule has 0 aliphatic carbocycles. The molecule has 85 heavy (non-hydrogen) atoms. The Balaban J connectivity index is -0.00000413. The number of aryl methyl sites for hydroxylation is 2. The van der Waals surface area contributed by atoms with Gasteiger partial charge in [0.1, 0.15) is 13.2 Å². The second-order valence-electron chi connectivity index (χ2n) is 16.9. The van der Waals surface area contributed by atoms with Crippen molar-refractivity contribution < 1.29 is 130 Å². The Morgan fingerprint density at radius 1 is 0.635 bits per heavy atom. The SMILES string of the molecule is CCc1c(CC)c2cc3nc(cnc4cc(OCCOCCOCCOC)c(OCCOCCOCCOC)cc4ncc4nc(cc1[n-]2)C(CCCO)=C4C)C(C)=C3CCCNC(=O)CCC(=O)[O-].N.N.O=[N+]([O-])[O-].O=[N+]([O-])[O-].[Cl][Pt+2][Cl].[Gd+3].[OH-]. The standard InChI is InChI=1S/C52H72N6O12.2ClH.Gd.2NO3.2H3N.H2O.Pt/c1-7-37-38(8-2)42-30-44-40(12-10-16-59)36(4)48(58-44)34-55-46-32-50(70-28-26-68-24-22-66-20-18-64-6)49(69-27-25-67-23-21-65-19-17-63-5)31-45(46)54-33-47-35(3)39(43(57-47)29-41(37)56-42)11-9-15-53-51(60)13-14-52(61)62;;;;2*2-1(3)4;;;;/h29-34,59H,7-28H2,1-6H3,(H3,53,54,55,56,57,58,60,61,62);2*1H;;;;2*1H3;1H2;/q;;;+3;2*-1;;;;+4/p-5. The number of fused-ring (bicyclic) bond motifs is 7. The number of allylic oxidation sites excluding steroid dienone is 4. The van der Waals surface area contributed by atoms with E-state index in [1.54, 1.807) is 38.7 Å². The first kappa shape index (κ1) is 84.5. The van der Waals surface area contributed by atoms with Crippen LogP contribution in [0.15, 0.2) is 36.7 Å². The van der Waals surface area contributed by atoms with Crippen LogP contribution < -0.4 is 37.2 Å². The first-order valence-electron chi connectivity index (χ1n) is 25.5. The molecule has 4 heterocycles. The van der Waals surface area contributed by atoms with Crippen molar-refractivity contribution in [1.82, 2.24) is 42.5 Å². The van der Waals surface area contributed by atoms with E-state index >= 15 is 0 Å². The summed E-state index contributed by atoms with van der Waals surface area (Å²) in [6.07, 6.45) is 6.80. The molecular weight excluding hydrogens is 1490 g/mol. The maximum atomic E-state index is 12.3. The number of aliphatic hydroxyl groups is 1. The van der Waals surface area contributed by atoms with Crippen molar-refractivity contribution in [2.75, 3.05) is 107 Å². The number of aliphatic hydroxyl groups excluding tert-OH is 1. The molecule has 0 unspecified atom stereocenters. The molecule has 3 aromatic rings. The molecule has 0 fully saturated rings. The average Bonchev–Trinajstić information content (AvgIpc) is 2.98. The fourth-order valence-corrected chi connectivity index (χ4v) is 7.87. The molecule has 29 nitrogen and oxygen atoms in total. The summed E-state index contributed by atoms with van der Waals surface area (Å²) in [5.41, 5.74) is 11.5. The van der Waals surface area contributed by atoms with Gasteiger partial charge in [-0.1, -0.05) is 37.1 Å². The Kier molecular flexibility index (Phi) is 50.0. The van der Waals surface area contributed by atoms with Gasteiger partial charge in [-0.05, 0) is 81.1 Å². The number of carboxylic acid groups (broad SMARTS) is 1. The number of hydrogen-bond donors (Lipinski definition) is 4. The molecule has 0 spiro atoms. The summed E-state index contributed by atoms with van der Waals surface area (Å²) in [6.45, 7) is 13.3. The summed E-state index contributed by atoms with van der Waals surface area (Å²) >= 11 is -0.472. The van der Waals surface area contributed by atoms with Crippen LogP contribution in [0, 0.1) is 70.6 Å². The fraction of sp³-hybridized carbons (Fsp3) is 0.538. The van der Waals surface area contributed by atoms with E-state index < -0.39 is 32.6 Å². The molecule has 0 atom stereocenters. The number of nitrogens with one attached hydrogen (secondary N) is 1. The summed E-state index contributed by atoms with van der Waals surface area (Å²) in [4.78, 5) is 65.3. The van der Waals surface area contributed by atoms with Crippen LogP contribution in [-0.2, 0) is 67.3 Å². The number of carbonyl (C=O) groups is 2. The molecule has 0 saturated carbocycles. The normalized spacial score (nSPS) is 11.1. The van der Waals surface area contributed by atoms with Crippen molar-refractivity contribution >= 4 is 75.1 Å². The van der Waals surface area contributed by atoms with Gasteiger partial charge < -0.3 is 112 Å². The number of carbonyl (C=O) groups excluding carboxylic acids is 2. The van der Waals surface area contributed by atoms with E-state index in [-0.39, 0.29) is 96.3 Å². The average molecular weight is 1570 g/mol. The number of hydrogen-bond acceptors (Lipinski definition) is 25. The molecule has 2 aliphatic rings. The van der Waals surface area contributed by atoms with Crippen LogP contribution in [0.3, 0.4) is 0 Å². The van der Waals surface area contributed by atoms with Gasteiger partial charge >= 0.3 is 75.3 Å². The first-order chi connectivity index (χ1) is 39.0. The van der Waals surface area contributed by atoms with Crippen molar-refractivity contribution in [3.63, 3.8) is 0 Å². The Labute approximate surface area is 541 Å². The number of aromatic nitrogens is 5. The van der Waals surface area contributed by atoms with Gasteiger partial charge in [-0.15, -0.1) is 11.0 Å². The van der Waals surface area contributed by atoms with Crippen LogP contribution >= 0.6 is 18.8 Å². The van der Waals surface area contributed by atoms with Gasteiger partial charge in [-0.2, -0.15) is 0 Å². The minimum Gasteiger partial charge on any atom is -0.870 e. The van der Waals surface area contributed by atoms with Crippen LogP contribution in [-0.4, -0.2) is 159 Å². The van der Waals surface area contributed by atoms with Gasteiger partial charge in [0, 0.05) is 51.9 Å². The maximum Gasteiger partial charge on any atom is 3.00 e. The number of benzene rings is 1. The maximum absolute atomic E-state index is 12.3. The molecule has 2 aliphatic heterocycles. The molecule has 1 aromatic carbocycles.